The Kier molecular flexibility index (Phi) is 3.99. The number of anilines is 2. The Labute approximate surface area is 126 Å². The lowest BCUT2D eigenvalue weighted by Gasteiger charge is -2.10. The van der Waals surface area contributed by atoms with Crippen LogP contribution in [0.1, 0.15) is 11.3 Å². The Bertz CT molecular complexity index is 651. The topological polar surface area (TPSA) is 55.9 Å². The molecule has 2 aromatic rings. The van der Waals surface area contributed by atoms with E-state index in [4.69, 9.17) is 41.2 Å². The molecule has 1 aromatic heterocycles. The van der Waals surface area contributed by atoms with Crippen LogP contribution in [0.2, 0.25) is 10.0 Å². The SMILES string of the molecule is Cc1nn(C)c(Nc2ccc(Cl)c(Cl)c2)c1C(N)=S. The molecule has 0 radical (unpaired) electrons. The largest absolute Gasteiger partial charge is 0.389 e. The second-order valence-corrected chi connectivity index (χ2v) is 5.30. The van der Waals surface area contributed by atoms with Crippen molar-refractivity contribution >= 4 is 51.9 Å². The number of aromatic nitrogens is 2. The third-order valence-corrected chi connectivity index (χ3v) is 3.59. The molecule has 0 atom stereocenters. The summed E-state index contributed by atoms with van der Waals surface area (Å²) >= 11 is 16.9. The second kappa shape index (κ2) is 5.36. The van der Waals surface area contributed by atoms with Crippen LogP contribution in [-0.4, -0.2) is 14.8 Å². The number of hydrogen-bond donors (Lipinski definition) is 2. The number of benzene rings is 1. The van der Waals surface area contributed by atoms with E-state index in [2.05, 4.69) is 10.4 Å². The summed E-state index contributed by atoms with van der Waals surface area (Å²) in [7, 11) is 1.81. The summed E-state index contributed by atoms with van der Waals surface area (Å²) in [5.74, 6) is 0.725. The van der Waals surface area contributed by atoms with Gasteiger partial charge in [-0.25, -0.2) is 0 Å². The van der Waals surface area contributed by atoms with E-state index in [1.54, 1.807) is 16.8 Å². The molecule has 2 rings (SSSR count). The van der Waals surface area contributed by atoms with Crippen molar-refractivity contribution in [1.82, 2.24) is 9.78 Å². The normalized spacial score (nSPS) is 10.5. The van der Waals surface area contributed by atoms with Gasteiger partial charge in [-0.15, -0.1) is 0 Å². The van der Waals surface area contributed by atoms with Crippen molar-refractivity contribution in [3.05, 3.63) is 39.5 Å². The summed E-state index contributed by atoms with van der Waals surface area (Å²) in [6, 6.07) is 5.27. The fourth-order valence-corrected chi connectivity index (χ4v) is 2.35. The lowest BCUT2D eigenvalue weighted by atomic mass is 10.2. The molecule has 1 aromatic carbocycles. The first-order valence-corrected chi connectivity index (χ1v) is 6.62. The second-order valence-electron chi connectivity index (χ2n) is 4.05. The molecule has 0 saturated heterocycles. The van der Waals surface area contributed by atoms with Gasteiger partial charge in [-0.3, -0.25) is 4.68 Å². The average Bonchev–Trinajstić information content (AvgIpc) is 2.59. The highest BCUT2D eigenvalue weighted by Crippen LogP contribution is 2.28. The van der Waals surface area contributed by atoms with Gasteiger partial charge in [0.25, 0.3) is 0 Å². The summed E-state index contributed by atoms with van der Waals surface area (Å²) in [5, 5.41) is 8.47. The highest BCUT2D eigenvalue weighted by Gasteiger charge is 2.15. The molecule has 0 unspecified atom stereocenters. The first kappa shape index (κ1) is 14.1. The zero-order valence-corrected chi connectivity index (χ0v) is 12.7. The summed E-state index contributed by atoms with van der Waals surface area (Å²) < 4.78 is 1.69. The molecule has 0 amide bonds. The van der Waals surface area contributed by atoms with Crippen LogP contribution in [0.5, 0.6) is 0 Å². The fourth-order valence-electron chi connectivity index (χ4n) is 1.81. The number of nitrogens with two attached hydrogens (primary N) is 1. The van der Waals surface area contributed by atoms with Gasteiger partial charge in [-0.05, 0) is 25.1 Å². The molecule has 0 saturated carbocycles. The fraction of sp³-hybridized carbons (Fsp3) is 0.167. The van der Waals surface area contributed by atoms with Gasteiger partial charge in [-0.2, -0.15) is 5.10 Å². The molecule has 0 aliphatic carbocycles. The van der Waals surface area contributed by atoms with E-state index in [-0.39, 0.29) is 0 Å². The van der Waals surface area contributed by atoms with Crippen molar-refractivity contribution < 1.29 is 0 Å². The van der Waals surface area contributed by atoms with E-state index < -0.39 is 0 Å². The smallest absolute Gasteiger partial charge is 0.138 e. The molecule has 0 bridgehead atoms. The van der Waals surface area contributed by atoms with Crippen LogP contribution in [-0.2, 0) is 7.05 Å². The van der Waals surface area contributed by atoms with E-state index in [0.29, 0.717) is 15.0 Å². The van der Waals surface area contributed by atoms with Crippen LogP contribution in [0, 0.1) is 6.92 Å². The summed E-state index contributed by atoms with van der Waals surface area (Å²) in [6.45, 7) is 1.86. The van der Waals surface area contributed by atoms with Crippen molar-refractivity contribution in [1.29, 1.82) is 0 Å². The van der Waals surface area contributed by atoms with Crippen LogP contribution < -0.4 is 11.1 Å². The van der Waals surface area contributed by atoms with Crippen molar-refractivity contribution in [3.8, 4) is 0 Å². The molecular formula is C12H12Cl2N4S. The van der Waals surface area contributed by atoms with Gasteiger partial charge >= 0.3 is 0 Å². The van der Waals surface area contributed by atoms with Crippen LogP contribution in [0.15, 0.2) is 18.2 Å². The number of hydrogen-bond acceptors (Lipinski definition) is 3. The third kappa shape index (κ3) is 2.83. The van der Waals surface area contributed by atoms with Crippen molar-refractivity contribution in [2.24, 2.45) is 12.8 Å². The minimum atomic E-state index is 0.299. The van der Waals surface area contributed by atoms with Gasteiger partial charge in [0, 0.05) is 12.7 Å². The van der Waals surface area contributed by atoms with E-state index >= 15 is 0 Å². The van der Waals surface area contributed by atoms with E-state index in [1.807, 2.05) is 20.0 Å². The standard InChI is InChI=1S/C12H12Cl2N4S/c1-6-10(11(15)19)12(18(2)17-6)16-7-3-4-8(13)9(14)5-7/h3-5,16H,1-2H3,(H2,15,19). The molecule has 1 heterocycles. The number of nitrogens with one attached hydrogen (secondary N) is 1. The maximum absolute atomic E-state index is 5.98. The molecule has 0 aliphatic heterocycles. The van der Waals surface area contributed by atoms with Gasteiger partial charge in [0.05, 0.1) is 21.3 Å². The zero-order valence-electron chi connectivity index (χ0n) is 10.4. The Hall–Kier alpha value is -1.30. The predicted octanol–water partition coefficient (Wildman–Crippen LogP) is 3.41. The maximum atomic E-state index is 5.98. The van der Waals surface area contributed by atoms with Gasteiger partial charge in [0.1, 0.15) is 10.8 Å². The van der Waals surface area contributed by atoms with Gasteiger partial charge in [-0.1, -0.05) is 35.4 Å². The molecule has 19 heavy (non-hydrogen) atoms. The average molecular weight is 315 g/mol. The van der Waals surface area contributed by atoms with Crippen LogP contribution >= 0.6 is 35.4 Å². The van der Waals surface area contributed by atoms with Crippen LogP contribution in [0.25, 0.3) is 0 Å². The highest BCUT2D eigenvalue weighted by molar-refractivity contribution is 7.80. The third-order valence-electron chi connectivity index (χ3n) is 2.65. The zero-order chi connectivity index (χ0) is 14.2. The van der Waals surface area contributed by atoms with Crippen molar-refractivity contribution in [3.63, 3.8) is 0 Å². The first-order chi connectivity index (χ1) is 8.90. The minimum Gasteiger partial charge on any atom is -0.389 e. The lowest BCUT2D eigenvalue weighted by molar-refractivity contribution is 0.765. The monoisotopic (exact) mass is 314 g/mol. The molecule has 3 N–H and O–H groups in total. The van der Waals surface area contributed by atoms with Crippen LogP contribution in [0.3, 0.4) is 0 Å². The van der Waals surface area contributed by atoms with Gasteiger partial charge in [0.2, 0.25) is 0 Å². The van der Waals surface area contributed by atoms with E-state index in [9.17, 15) is 0 Å². The maximum Gasteiger partial charge on any atom is 0.138 e. The van der Waals surface area contributed by atoms with Crippen molar-refractivity contribution in [2.45, 2.75) is 6.92 Å². The van der Waals surface area contributed by atoms with E-state index in [0.717, 1.165) is 22.8 Å². The molecular weight excluding hydrogens is 303 g/mol. The highest BCUT2D eigenvalue weighted by atomic mass is 35.5. The molecule has 0 fully saturated rings. The molecule has 0 spiro atoms. The molecule has 4 nitrogen and oxygen atoms in total. The Morgan fingerprint density at radius 2 is 2.05 bits per heavy atom. The first-order valence-electron chi connectivity index (χ1n) is 5.45. The Morgan fingerprint density at radius 1 is 1.37 bits per heavy atom. The molecule has 0 aliphatic rings. The summed E-state index contributed by atoms with van der Waals surface area (Å²) in [6.07, 6.45) is 0. The predicted molar refractivity (Wildman–Crippen MR) is 83.6 cm³/mol. The van der Waals surface area contributed by atoms with Gasteiger partial charge < -0.3 is 11.1 Å². The minimum absolute atomic E-state index is 0.299. The summed E-state index contributed by atoms with van der Waals surface area (Å²) in [5.41, 5.74) is 8.02. The van der Waals surface area contributed by atoms with E-state index in [1.165, 1.54) is 0 Å². The molecule has 100 valence electrons. The Morgan fingerprint density at radius 3 is 2.63 bits per heavy atom. The number of thiocarbonyl (C=S) groups is 1. The molecule has 7 heteroatoms. The number of halogens is 2. The summed E-state index contributed by atoms with van der Waals surface area (Å²) in [4.78, 5) is 0.299. The Balaban J connectivity index is 2.43. The quantitative estimate of drug-likeness (QED) is 0.852. The number of nitrogens with zero attached hydrogens (tertiary/aromatic N) is 2. The van der Waals surface area contributed by atoms with Gasteiger partial charge in [0.15, 0.2) is 0 Å². The van der Waals surface area contributed by atoms with Crippen molar-refractivity contribution in [2.75, 3.05) is 5.32 Å². The van der Waals surface area contributed by atoms with Crippen LogP contribution in [0.4, 0.5) is 11.5 Å². The number of aryl methyl sites for hydroxylation is 2. The number of rotatable bonds is 3. The lowest BCUT2D eigenvalue weighted by Crippen LogP contribution is -2.12.